The fraction of sp³-hybridized carbons (Fsp3) is 0.136. The molecule has 1 nitrogen and oxygen atoms in total. The molecule has 1 atom stereocenters. The minimum atomic E-state index is -2.05. The van der Waals surface area contributed by atoms with Gasteiger partial charge in [0.25, 0.3) is 0 Å². The molecule has 1 unspecified atom stereocenters. The standard InChI is InChI=1S/C22H22OP/c1-18(23)19(2)24(20-12-6-3-7-13-20,21-14-8-4-9-15-21)22-16-10-5-11-17-22/h3-17,19H,1-2H3/q+1. The number of ketones is 1. The molecule has 0 radical (unpaired) electrons. The number of benzene rings is 3. The van der Waals surface area contributed by atoms with Gasteiger partial charge in [0.05, 0.1) is 0 Å². The van der Waals surface area contributed by atoms with Gasteiger partial charge in [-0.15, -0.1) is 0 Å². The van der Waals surface area contributed by atoms with Crippen LogP contribution in [0.5, 0.6) is 0 Å². The zero-order valence-corrected chi connectivity index (χ0v) is 15.0. The zero-order valence-electron chi connectivity index (χ0n) is 14.1. The van der Waals surface area contributed by atoms with E-state index >= 15 is 0 Å². The van der Waals surface area contributed by atoms with Gasteiger partial charge in [0, 0.05) is 0 Å². The fourth-order valence-electron chi connectivity index (χ4n) is 3.38. The van der Waals surface area contributed by atoms with Gasteiger partial charge < -0.3 is 0 Å². The van der Waals surface area contributed by atoms with E-state index in [4.69, 9.17) is 0 Å². The van der Waals surface area contributed by atoms with E-state index in [1.54, 1.807) is 6.92 Å². The van der Waals surface area contributed by atoms with Gasteiger partial charge in [-0.2, -0.15) is 0 Å². The smallest absolute Gasteiger partial charge is 0.170 e. The van der Waals surface area contributed by atoms with E-state index in [9.17, 15) is 4.79 Å². The molecule has 0 heterocycles. The molecule has 0 aromatic heterocycles. The van der Waals surface area contributed by atoms with E-state index in [2.05, 4.69) is 79.7 Å². The van der Waals surface area contributed by atoms with Gasteiger partial charge in [0.2, 0.25) is 0 Å². The Morgan fingerprint density at radius 3 is 1.21 bits per heavy atom. The van der Waals surface area contributed by atoms with Gasteiger partial charge in [0.15, 0.2) is 5.78 Å². The largest absolute Gasteiger partial charge is 0.296 e. The van der Waals surface area contributed by atoms with Crippen LogP contribution in [-0.2, 0) is 4.79 Å². The summed E-state index contributed by atoms with van der Waals surface area (Å²) in [7, 11) is -2.05. The number of hydrogen-bond donors (Lipinski definition) is 0. The second-order valence-electron chi connectivity index (χ2n) is 6.02. The maximum atomic E-state index is 12.5. The molecule has 0 aliphatic rings. The van der Waals surface area contributed by atoms with Crippen molar-refractivity contribution in [2.45, 2.75) is 19.5 Å². The lowest BCUT2D eigenvalue weighted by Gasteiger charge is -2.31. The molecule has 0 aliphatic heterocycles. The summed E-state index contributed by atoms with van der Waals surface area (Å²) in [6.45, 7) is 3.80. The van der Waals surface area contributed by atoms with Crippen LogP contribution in [0.1, 0.15) is 13.8 Å². The van der Waals surface area contributed by atoms with E-state index in [1.165, 1.54) is 15.9 Å². The van der Waals surface area contributed by atoms with Crippen LogP contribution in [0.2, 0.25) is 0 Å². The van der Waals surface area contributed by atoms with Crippen molar-refractivity contribution >= 4 is 29.0 Å². The van der Waals surface area contributed by atoms with Gasteiger partial charge in [-0.05, 0) is 50.2 Å². The van der Waals surface area contributed by atoms with Crippen LogP contribution in [0.3, 0.4) is 0 Å². The molecular formula is C22H22OP+. The van der Waals surface area contributed by atoms with Crippen LogP contribution < -0.4 is 15.9 Å². The van der Waals surface area contributed by atoms with Crippen LogP contribution >= 0.6 is 7.26 Å². The number of rotatable bonds is 5. The lowest BCUT2D eigenvalue weighted by atomic mass is 10.3. The first kappa shape index (κ1) is 16.6. The van der Waals surface area contributed by atoms with Crippen molar-refractivity contribution in [1.82, 2.24) is 0 Å². The highest BCUT2D eigenvalue weighted by Crippen LogP contribution is 2.59. The summed E-state index contributed by atoms with van der Waals surface area (Å²) in [4.78, 5) is 12.5. The molecule has 0 amide bonds. The predicted molar refractivity (Wildman–Crippen MR) is 105 cm³/mol. The Balaban J connectivity index is 2.39. The van der Waals surface area contributed by atoms with Gasteiger partial charge in [-0.3, -0.25) is 4.79 Å². The molecule has 120 valence electrons. The van der Waals surface area contributed by atoms with E-state index in [-0.39, 0.29) is 11.4 Å². The molecule has 0 fully saturated rings. The second-order valence-corrected chi connectivity index (χ2v) is 9.79. The Hall–Kier alpha value is -2.24. The highest BCUT2D eigenvalue weighted by Gasteiger charge is 2.52. The van der Waals surface area contributed by atoms with Crippen molar-refractivity contribution in [1.29, 1.82) is 0 Å². The third-order valence-electron chi connectivity index (χ3n) is 4.66. The molecule has 3 aromatic rings. The molecule has 2 heteroatoms. The van der Waals surface area contributed by atoms with Crippen molar-refractivity contribution in [3.63, 3.8) is 0 Å². The summed E-state index contributed by atoms with van der Waals surface area (Å²) in [5.41, 5.74) is -0.0651. The number of carbonyl (C=O) groups excluding carboxylic acids is 1. The molecule has 0 aliphatic carbocycles. The van der Waals surface area contributed by atoms with Crippen molar-refractivity contribution in [2.75, 3.05) is 0 Å². The van der Waals surface area contributed by atoms with Crippen LogP contribution in [0.15, 0.2) is 91.0 Å². The van der Waals surface area contributed by atoms with Crippen LogP contribution in [-0.4, -0.2) is 11.4 Å². The number of Topliss-reactive ketones (excluding diaryl/α,β-unsaturated/α-hetero) is 1. The Bertz CT molecular complexity index is 700. The monoisotopic (exact) mass is 333 g/mol. The molecule has 0 saturated carbocycles. The Labute approximate surface area is 144 Å². The third kappa shape index (κ3) is 2.81. The first-order chi connectivity index (χ1) is 11.7. The van der Waals surface area contributed by atoms with Gasteiger partial charge >= 0.3 is 0 Å². The normalized spacial score (nSPS) is 12.6. The average molecular weight is 333 g/mol. The van der Waals surface area contributed by atoms with Crippen LogP contribution in [0.4, 0.5) is 0 Å². The Kier molecular flexibility index (Phi) is 4.92. The molecule has 0 N–H and O–H groups in total. The quantitative estimate of drug-likeness (QED) is 0.646. The first-order valence-corrected chi connectivity index (χ1v) is 10.1. The van der Waals surface area contributed by atoms with E-state index in [0.717, 1.165) is 0 Å². The van der Waals surface area contributed by atoms with Gasteiger partial charge in [-0.1, -0.05) is 54.6 Å². The molecule has 3 aromatic carbocycles. The first-order valence-electron chi connectivity index (χ1n) is 8.23. The van der Waals surface area contributed by atoms with Crippen molar-refractivity contribution < 1.29 is 4.79 Å². The number of carbonyl (C=O) groups is 1. The highest BCUT2D eigenvalue weighted by atomic mass is 31.2. The summed E-state index contributed by atoms with van der Waals surface area (Å²) in [5.74, 6) is 0.236. The molecule has 0 saturated heterocycles. The van der Waals surface area contributed by atoms with E-state index in [0.29, 0.717) is 0 Å². The summed E-state index contributed by atoms with van der Waals surface area (Å²) < 4.78 is 0. The summed E-state index contributed by atoms with van der Waals surface area (Å²) in [5, 5.41) is 3.76. The molecular weight excluding hydrogens is 311 g/mol. The predicted octanol–water partition coefficient (Wildman–Crippen LogP) is 3.96. The van der Waals surface area contributed by atoms with Crippen molar-refractivity contribution in [3.8, 4) is 0 Å². The summed E-state index contributed by atoms with van der Waals surface area (Å²) >= 11 is 0. The Morgan fingerprint density at radius 1 is 0.667 bits per heavy atom. The second kappa shape index (κ2) is 7.11. The molecule has 0 bridgehead atoms. The van der Waals surface area contributed by atoms with E-state index in [1.807, 2.05) is 18.2 Å². The fourth-order valence-corrected chi connectivity index (χ4v) is 8.09. The van der Waals surface area contributed by atoms with Gasteiger partial charge in [-0.25, -0.2) is 0 Å². The maximum Gasteiger partial charge on any atom is 0.170 e. The molecule has 3 rings (SSSR count). The van der Waals surface area contributed by atoms with E-state index < -0.39 is 7.26 Å². The third-order valence-corrected chi connectivity index (χ3v) is 9.52. The average Bonchev–Trinajstić information content (AvgIpc) is 2.65. The molecule has 24 heavy (non-hydrogen) atoms. The lowest BCUT2D eigenvalue weighted by molar-refractivity contribution is -0.116. The topological polar surface area (TPSA) is 17.1 Å². The maximum absolute atomic E-state index is 12.5. The minimum Gasteiger partial charge on any atom is -0.296 e. The SMILES string of the molecule is CC(=O)C(C)[P+](c1ccccc1)(c1ccccc1)c1ccccc1. The summed E-state index contributed by atoms with van der Waals surface area (Å²) in [6.07, 6.45) is 0. The Morgan fingerprint density at radius 2 is 0.958 bits per heavy atom. The van der Waals surface area contributed by atoms with Crippen LogP contribution in [0, 0.1) is 0 Å². The van der Waals surface area contributed by atoms with Crippen molar-refractivity contribution in [2.24, 2.45) is 0 Å². The van der Waals surface area contributed by atoms with Crippen LogP contribution in [0.25, 0.3) is 0 Å². The van der Waals surface area contributed by atoms with Gasteiger partial charge in [0.1, 0.15) is 28.8 Å². The minimum absolute atomic E-state index is 0.0651. The van der Waals surface area contributed by atoms with Crippen molar-refractivity contribution in [3.05, 3.63) is 91.0 Å². The zero-order chi connectivity index (χ0) is 17.0. The number of hydrogen-bond acceptors (Lipinski definition) is 1. The highest BCUT2D eigenvalue weighted by molar-refractivity contribution is 7.96. The lowest BCUT2D eigenvalue weighted by Crippen LogP contribution is -2.40. The molecule has 0 spiro atoms. The summed E-state index contributed by atoms with van der Waals surface area (Å²) in [6, 6.07) is 31.6.